The van der Waals surface area contributed by atoms with Gasteiger partial charge in [-0.2, -0.15) is 0 Å². The molecule has 0 heterocycles. The Balaban J connectivity index is 2.98. The predicted molar refractivity (Wildman–Crippen MR) is 76.1 cm³/mol. The predicted octanol–water partition coefficient (Wildman–Crippen LogP) is 2.38. The number of hydrogen-bond donors (Lipinski definition) is 2. The Morgan fingerprint density at radius 1 is 1.40 bits per heavy atom. The highest BCUT2D eigenvalue weighted by molar-refractivity contribution is 5.98. The van der Waals surface area contributed by atoms with E-state index in [2.05, 4.69) is 5.32 Å². The van der Waals surface area contributed by atoms with Gasteiger partial charge in [0.25, 0.3) is 5.91 Å². The molecule has 0 saturated carbocycles. The summed E-state index contributed by atoms with van der Waals surface area (Å²) in [6.07, 6.45) is 1.04. The Labute approximate surface area is 118 Å². The van der Waals surface area contributed by atoms with Gasteiger partial charge in [-0.3, -0.25) is 4.79 Å². The van der Waals surface area contributed by atoms with Gasteiger partial charge in [-0.25, -0.2) is 4.79 Å². The van der Waals surface area contributed by atoms with E-state index in [1.807, 2.05) is 13.8 Å². The molecule has 1 amide bonds. The van der Waals surface area contributed by atoms with E-state index in [-0.39, 0.29) is 0 Å². The summed E-state index contributed by atoms with van der Waals surface area (Å²) in [6.45, 7) is 5.27. The number of aryl methyl sites for hydroxylation is 1. The molecule has 5 heteroatoms. The van der Waals surface area contributed by atoms with E-state index in [4.69, 9.17) is 4.74 Å². The van der Waals surface area contributed by atoms with Crippen LogP contribution in [0.5, 0.6) is 5.75 Å². The first kappa shape index (κ1) is 16.0. The Bertz CT molecular complexity index is 513. The molecule has 1 unspecified atom stereocenters. The largest absolute Gasteiger partial charge is 0.496 e. The zero-order valence-electron chi connectivity index (χ0n) is 12.3. The Morgan fingerprint density at radius 2 is 2.05 bits per heavy atom. The smallest absolute Gasteiger partial charge is 0.329 e. The lowest BCUT2D eigenvalue weighted by Gasteiger charge is -2.25. The van der Waals surface area contributed by atoms with Gasteiger partial charge in [-0.1, -0.05) is 19.4 Å². The molecular formula is C15H21NO4. The second-order valence-electron chi connectivity index (χ2n) is 5.03. The molecule has 0 aromatic heterocycles. The van der Waals surface area contributed by atoms with Gasteiger partial charge in [0.05, 0.1) is 7.11 Å². The molecule has 0 radical (unpaired) electrons. The number of carbonyl (C=O) groups is 2. The lowest BCUT2D eigenvalue weighted by molar-refractivity contribution is -0.144. The Kier molecular flexibility index (Phi) is 5.13. The summed E-state index contributed by atoms with van der Waals surface area (Å²) in [5.74, 6) is -0.849. The zero-order chi connectivity index (χ0) is 15.3. The molecule has 0 bridgehead atoms. The topological polar surface area (TPSA) is 75.6 Å². The maximum absolute atomic E-state index is 12.2. The first-order valence-corrected chi connectivity index (χ1v) is 6.54. The van der Waals surface area contributed by atoms with Crippen molar-refractivity contribution in [2.24, 2.45) is 0 Å². The molecule has 1 aromatic rings. The minimum atomic E-state index is -1.26. The number of carboxylic acids is 1. The van der Waals surface area contributed by atoms with Gasteiger partial charge in [0.2, 0.25) is 0 Å². The summed E-state index contributed by atoms with van der Waals surface area (Å²) in [5.41, 5.74) is 0.0406. The normalized spacial score (nSPS) is 13.4. The van der Waals surface area contributed by atoms with Crippen LogP contribution in [0.2, 0.25) is 0 Å². The average molecular weight is 279 g/mol. The fraction of sp³-hybridized carbons (Fsp3) is 0.467. The molecule has 0 aliphatic heterocycles. The Morgan fingerprint density at radius 3 is 2.55 bits per heavy atom. The number of nitrogens with one attached hydrogen (secondary N) is 1. The summed E-state index contributed by atoms with van der Waals surface area (Å²) in [7, 11) is 1.53. The third-order valence-electron chi connectivity index (χ3n) is 3.28. The van der Waals surface area contributed by atoms with Crippen LogP contribution in [0, 0.1) is 6.92 Å². The van der Waals surface area contributed by atoms with Crippen LogP contribution in [0.4, 0.5) is 0 Å². The summed E-state index contributed by atoms with van der Waals surface area (Å²) < 4.78 is 5.16. The third kappa shape index (κ3) is 3.50. The van der Waals surface area contributed by atoms with Crippen LogP contribution in [-0.2, 0) is 4.79 Å². The van der Waals surface area contributed by atoms with E-state index in [0.717, 1.165) is 5.56 Å². The number of carboxylic acid groups (broad SMARTS) is 1. The van der Waals surface area contributed by atoms with Crippen LogP contribution in [0.15, 0.2) is 18.2 Å². The lowest BCUT2D eigenvalue weighted by atomic mass is 9.95. The molecule has 5 nitrogen and oxygen atoms in total. The van der Waals surface area contributed by atoms with Crippen LogP contribution >= 0.6 is 0 Å². The summed E-state index contributed by atoms with van der Waals surface area (Å²) in [5, 5.41) is 11.9. The van der Waals surface area contributed by atoms with Crippen LogP contribution in [0.1, 0.15) is 42.6 Å². The molecule has 1 aromatic carbocycles. The van der Waals surface area contributed by atoms with Gasteiger partial charge in [0, 0.05) is 5.56 Å². The number of rotatable bonds is 6. The van der Waals surface area contributed by atoms with Crippen molar-refractivity contribution in [1.82, 2.24) is 5.32 Å². The SMILES string of the molecule is CCCC(C)(NC(=O)c1ccc(C)c(OC)c1)C(=O)O. The van der Waals surface area contributed by atoms with Crippen molar-refractivity contribution in [2.45, 2.75) is 39.2 Å². The number of ether oxygens (including phenoxy) is 1. The molecule has 0 aliphatic rings. The van der Waals surface area contributed by atoms with Crippen molar-refractivity contribution >= 4 is 11.9 Å². The summed E-state index contributed by atoms with van der Waals surface area (Å²) in [6, 6.07) is 5.03. The standard InChI is InChI=1S/C15H21NO4/c1-5-8-15(3,14(18)19)16-13(17)11-7-6-10(2)12(9-11)20-4/h6-7,9H,5,8H2,1-4H3,(H,16,17)(H,18,19). The van der Waals surface area contributed by atoms with E-state index in [0.29, 0.717) is 24.2 Å². The van der Waals surface area contributed by atoms with Crippen molar-refractivity contribution in [3.05, 3.63) is 29.3 Å². The minimum absolute atomic E-state index is 0.372. The van der Waals surface area contributed by atoms with Crippen molar-refractivity contribution in [2.75, 3.05) is 7.11 Å². The van der Waals surface area contributed by atoms with Gasteiger partial charge in [0.15, 0.2) is 0 Å². The van der Waals surface area contributed by atoms with Crippen molar-refractivity contribution in [3.63, 3.8) is 0 Å². The molecule has 20 heavy (non-hydrogen) atoms. The zero-order valence-corrected chi connectivity index (χ0v) is 12.3. The highest BCUT2D eigenvalue weighted by Gasteiger charge is 2.34. The van der Waals surface area contributed by atoms with E-state index in [9.17, 15) is 14.7 Å². The number of benzene rings is 1. The number of methoxy groups -OCH3 is 1. The molecular weight excluding hydrogens is 258 g/mol. The number of amides is 1. The quantitative estimate of drug-likeness (QED) is 0.838. The fourth-order valence-corrected chi connectivity index (χ4v) is 2.01. The van der Waals surface area contributed by atoms with Gasteiger partial charge in [0.1, 0.15) is 11.3 Å². The maximum atomic E-state index is 12.2. The van der Waals surface area contributed by atoms with Crippen LogP contribution < -0.4 is 10.1 Å². The van der Waals surface area contributed by atoms with Gasteiger partial charge in [-0.15, -0.1) is 0 Å². The molecule has 2 N–H and O–H groups in total. The highest BCUT2D eigenvalue weighted by Crippen LogP contribution is 2.20. The van der Waals surface area contributed by atoms with Gasteiger partial charge >= 0.3 is 5.97 Å². The first-order valence-electron chi connectivity index (χ1n) is 6.54. The minimum Gasteiger partial charge on any atom is -0.496 e. The van der Waals surface area contributed by atoms with Crippen molar-refractivity contribution < 1.29 is 19.4 Å². The fourth-order valence-electron chi connectivity index (χ4n) is 2.01. The van der Waals surface area contributed by atoms with Crippen molar-refractivity contribution in [1.29, 1.82) is 0 Å². The van der Waals surface area contributed by atoms with Crippen LogP contribution in [0.3, 0.4) is 0 Å². The molecule has 0 saturated heterocycles. The van der Waals surface area contributed by atoms with Crippen LogP contribution in [0.25, 0.3) is 0 Å². The van der Waals surface area contributed by atoms with E-state index in [1.54, 1.807) is 18.2 Å². The molecule has 110 valence electrons. The van der Waals surface area contributed by atoms with Gasteiger partial charge < -0.3 is 15.2 Å². The van der Waals surface area contributed by atoms with E-state index < -0.39 is 17.4 Å². The lowest BCUT2D eigenvalue weighted by Crippen LogP contribution is -2.52. The molecule has 0 aliphatic carbocycles. The van der Waals surface area contributed by atoms with Crippen LogP contribution in [-0.4, -0.2) is 29.6 Å². The van der Waals surface area contributed by atoms with E-state index >= 15 is 0 Å². The van der Waals surface area contributed by atoms with Gasteiger partial charge in [-0.05, 0) is 38.0 Å². The second kappa shape index (κ2) is 6.41. The van der Waals surface area contributed by atoms with Crippen molar-refractivity contribution in [3.8, 4) is 5.75 Å². The maximum Gasteiger partial charge on any atom is 0.329 e. The first-order chi connectivity index (χ1) is 9.34. The summed E-state index contributed by atoms with van der Waals surface area (Å²) >= 11 is 0. The molecule has 0 fully saturated rings. The monoisotopic (exact) mass is 279 g/mol. The molecule has 1 atom stereocenters. The molecule has 1 rings (SSSR count). The van der Waals surface area contributed by atoms with E-state index in [1.165, 1.54) is 14.0 Å². The number of aliphatic carboxylic acids is 1. The summed E-state index contributed by atoms with van der Waals surface area (Å²) in [4.78, 5) is 23.5. The molecule has 0 spiro atoms. The number of hydrogen-bond acceptors (Lipinski definition) is 3. The third-order valence-corrected chi connectivity index (χ3v) is 3.28. The highest BCUT2D eigenvalue weighted by atomic mass is 16.5. The Hall–Kier alpha value is -2.04. The number of carbonyl (C=O) groups excluding carboxylic acids is 1. The average Bonchev–Trinajstić information content (AvgIpc) is 2.39. The second-order valence-corrected chi connectivity index (χ2v) is 5.03.